The number of aliphatic carboxylic acids is 1. The molecule has 43 heavy (non-hydrogen) atoms. The van der Waals surface area contributed by atoms with Crippen molar-refractivity contribution < 1.29 is 37.1 Å². The number of piperidine rings is 1. The largest absolute Gasteiger partial charge is 0.542 e. The van der Waals surface area contributed by atoms with E-state index in [1.165, 1.54) is 11.3 Å². The molecule has 2 aliphatic rings. The predicted octanol–water partition coefficient (Wildman–Crippen LogP) is 2.92. The predicted molar refractivity (Wildman–Crippen MR) is 157 cm³/mol. The maximum absolute atomic E-state index is 12.9. The highest BCUT2D eigenvalue weighted by Crippen LogP contribution is 2.28. The van der Waals surface area contributed by atoms with E-state index in [2.05, 4.69) is 69.5 Å². The highest BCUT2D eigenvalue weighted by molar-refractivity contribution is 5.80. The minimum Gasteiger partial charge on any atom is -0.542 e. The first kappa shape index (κ1) is 33.9. The Labute approximate surface area is 251 Å². The van der Waals surface area contributed by atoms with Crippen LogP contribution in [0.3, 0.4) is 0 Å². The van der Waals surface area contributed by atoms with Crippen molar-refractivity contribution >= 4 is 23.8 Å². The normalized spacial score (nSPS) is 21.6. The van der Waals surface area contributed by atoms with Crippen molar-refractivity contribution in [2.45, 2.75) is 58.0 Å². The second kappa shape index (κ2) is 14.7. The van der Waals surface area contributed by atoms with E-state index in [0.717, 1.165) is 68.7 Å². The van der Waals surface area contributed by atoms with Gasteiger partial charge in [0, 0.05) is 56.3 Å². The zero-order valence-corrected chi connectivity index (χ0v) is 25.1. The van der Waals surface area contributed by atoms with Gasteiger partial charge in [-0.3, -0.25) is 4.90 Å². The molecule has 12 heteroatoms. The number of rotatable bonds is 7. The number of benzene rings is 2. The number of carboxylic acid groups (broad SMARTS) is 1. The Morgan fingerprint density at radius 2 is 1.56 bits per heavy atom. The van der Waals surface area contributed by atoms with E-state index in [1.807, 2.05) is 20.8 Å². The van der Waals surface area contributed by atoms with E-state index < -0.39 is 17.7 Å². The molecule has 2 aromatic carbocycles. The lowest BCUT2D eigenvalue weighted by molar-refractivity contribution is -0.939. The molecule has 2 aromatic rings. The lowest BCUT2D eigenvalue weighted by Gasteiger charge is -2.47. The van der Waals surface area contributed by atoms with Crippen molar-refractivity contribution in [1.82, 2.24) is 4.90 Å². The van der Waals surface area contributed by atoms with Crippen molar-refractivity contribution in [2.24, 2.45) is 10.9 Å². The van der Waals surface area contributed by atoms with E-state index in [0.29, 0.717) is 12.6 Å². The molecule has 2 heterocycles. The van der Waals surface area contributed by atoms with Crippen molar-refractivity contribution in [3.63, 3.8) is 0 Å². The summed E-state index contributed by atoms with van der Waals surface area (Å²) in [6, 6.07) is 19.6. The minimum absolute atomic E-state index is 0.0887. The highest BCUT2D eigenvalue weighted by atomic mass is 19.4. The number of hydrogen-bond acceptors (Lipinski definition) is 8. The van der Waals surface area contributed by atoms with E-state index in [-0.39, 0.29) is 5.97 Å². The summed E-state index contributed by atoms with van der Waals surface area (Å²) in [5.74, 6) is 2.16. The lowest BCUT2D eigenvalue weighted by atomic mass is 9.98. The molecule has 2 aliphatic heterocycles. The summed E-state index contributed by atoms with van der Waals surface area (Å²) < 4.78 is 38.1. The first-order valence-corrected chi connectivity index (χ1v) is 14.4. The number of nitrogens with zero attached hydrogens (tertiary/aromatic N) is 4. The standard InChI is InChI=1S/C29H42N5O2.C2HF3O2/c1-29(2,3)36-28(35)23-34(22-25-7-5-4-6-8-25)19-13-27(14-20-34)33-17-15-32(16-18-33)26-11-9-24(10-12-26)21-31-30;3-2(4,5)1(6)7/h4-12,21,27H,13-20,22-23,30H2,1-3H3;(H,6,7)/q+1;/p-1/b31-21-;. The summed E-state index contributed by atoms with van der Waals surface area (Å²) >= 11 is 0. The second-order valence-electron chi connectivity index (χ2n) is 12.1. The number of anilines is 1. The van der Waals surface area contributed by atoms with Crippen molar-refractivity contribution in [1.29, 1.82) is 0 Å². The SMILES string of the molecule is CC(C)(C)OC(=O)C[N+]1(Cc2ccccc2)CCC(N2CCN(c3ccc(/C=N\N)cc3)CC2)CC1.O=C([O-])C(F)(F)F. The molecule has 2 N–H and O–H groups in total. The number of likely N-dealkylation sites (tertiary alicyclic amines) is 1. The maximum Gasteiger partial charge on any atom is 0.430 e. The molecule has 2 fully saturated rings. The Morgan fingerprint density at radius 3 is 2.05 bits per heavy atom. The fourth-order valence-corrected chi connectivity index (χ4v) is 5.66. The fourth-order valence-electron chi connectivity index (χ4n) is 5.66. The summed E-state index contributed by atoms with van der Waals surface area (Å²) in [5, 5.41) is 12.4. The van der Waals surface area contributed by atoms with Gasteiger partial charge in [-0.1, -0.05) is 42.5 Å². The third-order valence-electron chi connectivity index (χ3n) is 7.66. The Kier molecular flexibility index (Phi) is 11.6. The van der Waals surface area contributed by atoms with Crippen molar-refractivity contribution in [3.8, 4) is 0 Å². The van der Waals surface area contributed by atoms with Gasteiger partial charge in [-0.05, 0) is 38.5 Å². The molecule has 0 saturated carbocycles. The monoisotopic (exact) mass is 605 g/mol. The molecule has 0 amide bonds. The number of hydrazone groups is 1. The van der Waals surface area contributed by atoms with Gasteiger partial charge in [-0.15, -0.1) is 0 Å². The van der Waals surface area contributed by atoms with Gasteiger partial charge in [0.25, 0.3) is 0 Å². The number of nitrogens with two attached hydrogens (primary N) is 1. The molecule has 0 unspecified atom stereocenters. The summed E-state index contributed by atoms with van der Waals surface area (Å²) in [6.07, 6.45) is -1.30. The number of carbonyl (C=O) groups excluding carboxylic acids is 2. The lowest BCUT2D eigenvalue weighted by Crippen LogP contribution is -2.60. The number of piperazine rings is 1. The first-order chi connectivity index (χ1) is 20.2. The van der Waals surface area contributed by atoms with Crippen LogP contribution in [0.4, 0.5) is 18.9 Å². The van der Waals surface area contributed by atoms with E-state index in [9.17, 15) is 18.0 Å². The molecular weight excluding hydrogens is 563 g/mol. The van der Waals surface area contributed by atoms with Gasteiger partial charge in [0.2, 0.25) is 0 Å². The first-order valence-electron chi connectivity index (χ1n) is 14.4. The number of esters is 1. The zero-order chi connectivity index (χ0) is 31.7. The molecule has 0 aromatic heterocycles. The van der Waals surface area contributed by atoms with Crippen molar-refractivity contribution in [3.05, 3.63) is 65.7 Å². The molecule has 0 aliphatic carbocycles. The van der Waals surface area contributed by atoms with E-state index in [1.54, 1.807) is 6.21 Å². The van der Waals surface area contributed by atoms with Crippen LogP contribution in [0.2, 0.25) is 0 Å². The maximum atomic E-state index is 12.9. The molecule has 2 saturated heterocycles. The molecular formula is C31H42F3N5O4. The molecule has 0 radical (unpaired) electrons. The topological polar surface area (TPSA) is 111 Å². The third-order valence-corrected chi connectivity index (χ3v) is 7.66. The smallest absolute Gasteiger partial charge is 0.430 e. The highest BCUT2D eigenvalue weighted by Gasteiger charge is 2.39. The van der Waals surface area contributed by atoms with Crippen LogP contribution < -0.4 is 15.8 Å². The van der Waals surface area contributed by atoms with Crippen LogP contribution in [0.25, 0.3) is 0 Å². The van der Waals surface area contributed by atoms with Crippen LogP contribution >= 0.6 is 0 Å². The third kappa shape index (κ3) is 10.9. The average Bonchev–Trinajstić information content (AvgIpc) is 2.93. The van der Waals surface area contributed by atoms with Crippen LogP contribution in [0.1, 0.15) is 44.7 Å². The number of ether oxygens (including phenoxy) is 1. The molecule has 9 nitrogen and oxygen atoms in total. The number of halogens is 3. The van der Waals surface area contributed by atoms with E-state index >= 15 is 0 Å². The van der Waals surface area contributed by atoms with Gasteiger partial charge >= 0.3 is 12.1 Å². The number of hydrogen-bond donors (Lipinski definition) is 1. The quantitative estimate of drug-likeness (QED) is 0.170. The Balaban J connectivity index is 0.000000646. The molecule has 0 spiro atoms. The molecule has 0 bridgehead atoms. The van der Waals surface area contributed by atoms with E-state index in [4.69, 9.17) is 20.5 Å². The van der Waals surface area contributed by atoms with Gasteiger partial charge in [-0.2, -0.15) is 18.3 Å². The van der Waals surface area contributed by atoms with Crippen LogP contribution in [-0.4, -0.2) is 91.2 Å². The fraction of sp³-hybridized carbons (Fsp3) is 0.516. The summed E-state index contributed by atoms with van der Waals surface area (Å²) in [7, 11) is 0. The van der Waals surface area contributed by atoms with Gasteiger partial charge in [0.15, 0.2) is 6.54 Å². The molecule has 236 valence electrons. The average molecular weight is 606 g/mol. The number of carbonyl (C=O) groups is 2. The Morgan fingerprint density at radius 1 is 1.00 bits per heavy atom. The number of quaternary nitrogens is 1. The zero-order valence-electron chi connectivity index (χ0n) is 25.1. The molecule has 0 atom stereocenters. The van der Waals surface area contributed by atoms with Crippen LogP contribution in [0, 0.1) is 0 Å². The van der Waals surface area contributed by atoms with Crippen LogP contribution in [-0.2, 0) is 20.9 Å². The van der Waals surface area contributed by atoms with Gasteiger partial charge in [0.05, 0.1) is 19.3 Å². The Bertz CT molecular complexity index is 1200. The number of alkyl halides is 3. The Hall–Kier alpha value is -3.64. The van der Waals surface area contributed by atoms with Gasteiger partial charge in [-0.25, -0.2) is 4.79 Å². The summed E-state index contributed by atoms with van der Waals surface area (Å²) in [6.45, 7) is 13.4. The van der Waals surface area contributed by atoms with Crippen LogP contribution in [0.15, 0.2) is 59.7 Å². The minimum atomic E-state index is -5.19. The van der Waals surface area contributed by atoms with Gasteiger partial charge < -0.3 is 29.9 Å². The molecule has 4 rings (SSSR count). The summed E-state index contributed by atoms with van der Waals surface area (Å²) in [4.78, 5) is 26.8. The number of carboxylic acids is 1. The van der Waals surface area contributed by atoms with Crippen LogP contribution in [0.5, 0.6) is 0 Å². The second-order valence-corrected chi connectivity index (χ2v) is 12.1. The van der Waals surface area contributed by atoms with Crippen molar-refractivity contribution in [2.75, 3.05) is 50.7 Å². The van der Waals surface area contributed by atoms with Gasteiger partial charge in [0.1, 0.15) is 18.1 Å². The summed E-state index contributed by atoms with van der Waals surface area (Å²) in [5.41, 5.74) is 3.11.